The van der Waals surface area contributed by atoms with E-state index in [0.717, 1.165) is 5.56 Å². The number of hydrogen-bond acceptors (Lipinski definition) is 4. The first-order valence-electron chi connectivity index (χ1n) is 8.57. The molecule has 1 saturated heterocycles. The maximum Gasteiger partial charge on any atom is 0.245 e. The summed E-state index contributed by atoms with van der Waals surface area (Å²) in [7, 11) is 1.59. The summed E-state index contributed by atoms with van der Waals surface area (Å²) in [6, 6.07) is 8.03. The molecule has 0 atom stereocenters. The van der Waals surface area contributed by atoms with Crippen LogP contribution in [0, 0.1) is 5.82 Å². The number of hydrogen-bond donors (Lipinski definition) is 2. The molecule has 1 aromatic carbocycles. The number of nitrogens with one attached hydrogen (secondary N) is 2. The SMILES string of the molecule is CNC(=O)C1(Nc2cccc(F)c2)CCN(C(=O)Cc2ccsc2)CC1. The summed E-state index contributed by atoms with van der Waals surface area (Å²) < 4.78 is 13.5. The minimum absolute atomic E-state index is 0.0691. The highest BCUT2D eigenvalue weighted by atomic mass is 32.1. The van der Waals surface area contributed by atoms with Crippen LogP contribution >= 0.6 is 11.3 Å². The quantitative estimate of drug-likeness (QED) is 0.845. The van der Waals surface area contributed by atoms with Gasteiger partial charge in [0.2, 0.25) is 11.8 Å². The van der Waals surface area contributed by atoms with Crippen LogP contribution in [0.4, 0.5) is 10.1 Å². The predicted octanol–water partition coefficient (Wildman–Crippen LogP) is 2.65. The van der Waals surface area contributed by atoms with Crippen LogP contribution in [0.15, 0.2) is 41.1 Å². The molecule has 138 valence electrons. The lowest BCUT2D eigenvalue weighted by molar-refractivity contribution is -0.135. The van der Waals surface area contributed by atoms with E-state index in [1.807, 2.05) is 16.8 Å². The molecule has 2 heterocycles. The molecule has 1 aliphatic rings. The first-order chi connectivity index (χ1) is 12.5. The lowest BCUT2D eigenvalue weighted by Crippen LogP contribution is -2.58. The fourth-order valence-electron chi connectivity index (χ4n) is 3.31. The van der Waals surface area contributed by atoms with Crippen LogP contribution in [0.1, 0.15) is 18.4 Å². The number of carbonyl (C=O) groups excluding carboxylic acids is 2. The minimum atomic E-state index is -0.846. The molecule has 2 amide bonds. The summed E-state index contributed by atoms with van der Waals surface area (Å²) in [5.41, 5.74) is 0.731. The van der Waals surface area contributed by atoms with Crippen molar-refractivity contribution < 1.29 is 14.0 Å². The van der Waals surface area contributed by atoms with Crippen LogP contribution < -0.4 is 10.6 Å². The Morgan fingerprint density at radius 1 is 1.27 bits per heavy atom. The van der Waals surface area contributed by atoms with E-state index >= 15 is 0 Å². The average molecular weight is 375 g/mol. The second-order valence-electron chi connectivity index (χ2n) is 6.49. The number of carbonyl (C=O) groups is 2. The molecule has 0 bridgehead atoms. The van der Waals surface area contributed by atoms with E-state index in [1.165, 1.54) is 12.1 Å². The topological polar surface area (TPSA) is 61.4 Å². The summed E-state index contributed by atoms with van der Waals surface area (Å²) in [5.74, 6) is -0.434. The molecular formula is C19H22FN3O2S. The van der Waals surface area contributed by atoms with Crippen molar-refractivity contribution in [2.45, 2.75) is 24.8 Å². The number of likely N-dealkylation sites (tertiary alicyclic amines) is 1. The lowest BCUT2D eigenvalue weighted by atomic mass is 9.85. The number of amides is 2. The molecule has 7 heteroatoms. The molecular weight excluding hydrogens is 353 g/mol. The molecule has 0 unspecified atom stereocenters. The molecule has 0 aliphatic carbocycles. The Balaban J connectivity index is 1.69. The second kappa shape index (κ2) is 7.86. The zero-order valence-electron chi connectivity index (χ0n) is 14.6. The van der Waals surface area contributed by atoms with Crippen LogP contribution in [-0.4, -0.2) is 42.4 Å². The van der Waals surface area contributed by atoms with Crippen molar-refractivity contribution in [2.75, 3.05) is 25.5 Å². The van der Waals surface area contributed by atoms with Gasteiger partial charge < -0.3 is 15.5 Å². The molecule has 1 aliphatic heterocycles. The summed E-state index contributed by atoms with van der Waals surface area (Å²) >= 11 is 1.57. The minimum Gasteiger partial charge on any atom is -0.371 e. The van der Waals surface area contributed by atoms with E-state index in [0.29, 0.717) is 38.0 Å². The van der Waals surface area contributed by atoms with Crippen molar-refractivity contribution in [3.63, 3.8) is 0 Å². The first-order valence-corrected chi connectivity index (χ1v) is 9.51. The molecule has 0 spiro atoms. The smallest absolute Gasteiger partial charge is 0.245 e. The summed E-state index contributed by atoms with van der Waals surface area (Å²) in [4.78, 5) is 26.8. The maximum absolute atomic E-state index is 13.5. The van der Waals surface area contributed by atoms with Gasteiger partial charge in [0.1, 0.15) is 11.4 Å². The normalized spacial score (nSPS) is 16.2. The van der Waals surface area contributed by atoms with Gasteiger partial charge in [0, 0.05) is 25.8 Å². The highest BCUT2D eigenvalue weighted by Crippen LogP contribution is 2.28. The largest absolute Gasteiger partial charge is 0.371 e. The number of benzene rings is 1. The van der Waals surface area contributed by atoms with Gasteiger partial charge in [-0.05, 0) is 53.4 Å². The fourth-order valence-corrected chi connectivity index (χ4v) is 3.98. The third-order valence-corrected chi connectivity index (χ3v) is 5.51. The Bertz CT molecular complexity index is 771. The number of likely N-dealkylation sites (N-methyl/N-ethyl adjacent to an activating group) is 1. The van der Waals surface area contributed by atoms with Gasteiger partial charge in [-0.2, -0.15) is 11.3 Å². The third kappa shape index (κ3) is 4.04. The number of anilines is 1. The van der Waals surface area contributed by atoms with Gasteiger partial charge in [0.05, 0.1) is 6.42 Å². The Morgan fingerprint density at radius 3 is 2.65 bits per heavy atom. The highest BCUT2D eigenvalue weighted by Gasteiger charge is 2.41. The van der Waals surface area contributed by atoms with E-state index in [4.69, 9.17) is 0 Å². The highest BCUT2D eigenvalue weighted by molar-refractivity contribution is 7.08. The molecule has 0 radical (unpaired) electrons. The van der Waals surface area contributed by atoms with E-state index in [1.54, 1.807) is 35.4 Å². The molecule has 2 N–H and O–H groups in total. The number of thiophene rings is 1. The Morgan fingerprint density at radius 2 is 2.04 bits per heavy atom. The Hall–Kier alpha value is -2.41. The summed E-state index contributed by atoms with van der Waals surface area (Å²) in [5, 5.41) is 9.83. The van der Waals surface area contributed by atoms with Gasteiger partial charge in [-0.3, -0.25) is 9.59 Å². The molecule has 26 heavy (non-hydrogen) atoms. The standard InChI is InChI=1S/C19H22FN3O2S/c1-21-18(25)19(22-16-4-2-3-15(20)12-16)6-8-23(9-7-19)17(24)11-14-5-10-26-13-14/h2-5,10,12-13,22H,6-9,11H2,1H3,(H,21,25). The third-order valence-electron chi connectivity index (χ3n) is 4.78. The van der Waals surface area contributed by atoms with Crippen LogP contribution in [0.5, 0.6) is 0 Å². The molecule has 0 saturated carbocycles. The van der Waals surface area contributed by atoms with E-state index in [-0.39, 0.29) is 17.6 Å². The van der Waals surface area contributed by atoms with E-state index in [2.05, 4.69) is 10.6 Å². The van der Waals surface area contributed by atoms with E-state index < -0.39 is 5.54 Å². The van der Waals surface area contributed by atoms with Crippen molar-refractivity contribution in [1.82, 2.24) is 10.2 Å². The number of rotatable bonds is 5. The molecule has 2 aromatic rings. The van der Waals surface area contributed by atoms with Crippen LogP contribution in [-0.2, 0) is 16.0 Å². The van der Waals surface area contributed by atoms with Crippen molar-refractivity contribution in [3.05, 3.63) is 52.5 Å². The van der Waals surface area contributed by atoms with Crippen molar-refractivity contribution in [3.8, 4) is 0 Å². The van der Waals surface area contributed by atoms with Crippen molar-refractivity contribution in [1.29, 1.82) is 0 Å². The average Bonchev–Trinajstić information content (AvgIpc) is 3.14. The second-order valence-corrected chi connectivity index (χ2v) is 7.27. The zero-order valence-corrected chi connectivity index (χ0v) is 15.4. The van der Waals surface area contributed by atoms with Gasteiger partial charge in [-0.25, -0.2) is 4.39 Å². The van der Waals surface area contributed by atoms with Gasteiger partial charge in [0.25, 0.3) is 0 Å². The Labute approximate surface area is 156 Å². The monoisotopic (exact) mass is 375 g/mol. The number of piperidine rings is 1. The van der Waals surface area contributed by atoms with Gasteiger partial charge >= 0.3 is 0 Å². The number of halogens is 1. The van der Waals surface area contributed by atoms with Gasteiger partial charge in [-0.15, -0.1) is 0 Å². The van der Waals surface area contributed by atoms with Crippen molar-refractivity contribution in [2.24, 2.45) is 0 Å². The first kappa shape index (κ1) is 18.4. The van der Waals surface area contributed by atoms with Gasteiger partial charge in [-0.1, -0.05) is 6.07 Å². The number of nitrogens with zero attached hydrogens (tertiary/aromatic N) is 1. The lowest BCUT2D eigenvalue weighted by Gasteiger charge is -2.41. The van der Waals surface area contributed by atoms with Crippen LogP contribution in [0.25, 0.3) is 0 Å². The van der Waals surface area contributed by atoms with E-state index in [9.17, 15) is 14.0 Å². The van der Waals surface area contributed by atoms with Crippen molar-refractivity contribution >= 4 is 28.8 Å². The maximum atomic E-state index is 13.5. The van der Waals surface area contributed by atoms with Gasteiger partial charge in [0.15, 0.2) is 0 Å². The molecule has 3 rings (SSSR count). The summed E-state index contributed by atoms with van der Waals surface area (Å²) in [6.07, 6.45) is 1.32. The molecule has 1 aromatic heterocycles. The Kier molecular flexibility index (Phi) is 5.56. The van der Waals surface area contributed by atoms with Crippen LogP contribution in [0.2, 0.25) is 0 Å². The molecule has 1 fully saturated rings. The molecule has 5 nitrogen and oxygen atoms in total. The fraction of sp³-hybridized carbons (Fsp3) is 0.368. The zero-order chi connectivity index (χ0) is 18.6. The van der Waals surface area contributed by atoms with Crippen LogP contribution in [0.3, 0.4) is 0 Å². The summed E-state index contributed by atoms with van der Waals surface area (Å²) in [6.45, 7) is 0.970. The predicted molar refractivity (Wildman–Crippen MR) is 101 cm³/mol.